The van der Waals surface area contributed by atoms with Crippen LogP contribution in [0.3, 0.4) is 0 Å². The highest BCUT2D eigenvalue weighted by molar-refractivity contribution is 6.36. The van der Waals surface area contributed by atoms with Crippen LogP contribution in [0.25, 0.3) is 11.6 Å². The molecule has 0 saturated heterocycles. The molecule has 3 rings (SSSR count). The van der Waals surface area contributed by atoms with Crippen molar-refractivity contribution in [3.05, 3.63) is 57.6 Å². The lowest BCUT2D eigenvalue weighted by Gasteiger charge is -2.16. The molecule has 5 heteroatoms. The summed E-state index contributed by atoms with van der Waals surface area (Å²) in [5, 5.41) is 10.5. The van der Waals surface area contributed by atoms with Gasteiger partial charge in [0.05, 0.1) is 29.9 Å². The number of benzene rings is 2. The summed E-state index contributed by atoms with van der Waals surface area (Å²) >= 11 is 12.2. The fraction of sp³-hybridized carbons (Fsp3) is 0.286. The predicted octanol–water partition coefficient (Wildman–Crippen LogP) is 6.39. The van der Waals surface area contributed by atoms with E-state index in [1.54, 1.807) is 31.4 Å². The minimum atomic E-state index is 0.226. The second-order valence-corrected chi connectivity index (χ2v) is 7.07. The molecule has 0 atom stereocenters. The maximum absolute atomic E-state index is 9.57. The fourth-order valence-electron chi connectivity index (χ4n) is 3.11. The highest BCUT2D eigenvalue weighted by Crippen LogP contribution is 2.34. The van der Waals surface area contributed by atoms with Crippen LogP contribution in [0, 0.1) is 11.3 Å². The van der Waals surface area contributed by atoms with Crippen LogP contribution in [-0.4, -0.2) is 13.2 Å². The Morgan fingerprint density at radius 1 is 1.12 bits per heavy atom. The first-order valence-corrected chi connectivity index (χ1v) is 9.28. The number of ether oxygens (including phenoxy) is 2. The van der Waals surface area contributed by atoms with Crippen molar-refractivity contribution in [2.24, 2.45) is 0 Å². The van der Waals surface area contributed by atoms with Gasteiger partial charge in [-0.3, -0.25) is 0 Å². The highest BCUT2D eigenvalue weighted by atomic mass is 35.5. The molecule has 1 fully saturated rings. The van der Waals surface area contributed by atoms with E-state index in [4.69, 9.17) is 32.7 Å². The molecule has 3 nitrogen and oxygen atoms in total. The number of rotatable bonds is 5. The predicted molar refractivity (Wildman–Crippen MR) is 106 cm³/mol. The minimum Gasteiger partial charge on any atom is -0.493 e. The molecule has 0 radical (unpaired) electrons. The number of methoxy groups -OCH3 is 1. The summed E-state index contributed by atoms with van der Waals surface area (Å²) in [7, 11) is 1.63. The normalized spacial score (nSPS) is 14.9. The van der Waals surface area contributed by atoms with E-state index in [0.717, 1.165) is 18.4 Å². The average Bonchev–Trinajstić information content (AvgIpc) is 3.13. The summed E-state index contributed by atoms with van der Waals surface area (Å²) < 4.78 is 11.5. The van der Waals surface area contributed by atoms with Gasteiger partial charge < -0.3 is 9.47 Å². The third kappa shape index (κ3) is 4.33. The molecule has 26 heavy (non-hydrogen) atoms. The SMILES string of the molecule is COc1ccc(/C=C(\C#N)c2ccc(Cl)cc2Cl)cc1OC1CCCC1. The molecule has 0 bridgehead atoms. The molecule has 0 heterocycles. The van der Waals surface area contributed by atoms with E-state index >= 15 is 0 Å². The van der Waals surface area contributed by atoms with Crippen molar-refractivity contribution >= 4 is 34.9 Å². The maximum atomic E-state index is 9.57. The standard InChI is InChI=1S/C21H19Cl2NO2/c1-25-20-9-6-14(11-21(20)26-17-4-2-3-5-17)10-15(13-24)18-8-7-16(22)12-19(18)23/h6-12,17H,2-5H2,1H3/b15-10+. The van der Waals surface area contributed by atoms with Gasteiger partial charge in [0.1, 0.15) is 0 Å². The molecule has 2 aromatic carbocycles. The molecule has 2 aromatic rings. The van der Waals surface area contributed by atoms with Crippen molar-refractivity contribution in [2.75, 3.05) is 7.11 Å². The Balaban J connectivity index is 1.94. The van der Waals surface area contributed by atoms with Crippen molar-refractivity contribution < 1.29 is 9.47 Å². The minimum absolute atomic E-state index is 0.226. The van der Waals surface area contributed by atoms with E-state index in [1.807, 2.05) is 18.2 Å². The number of nitrogens with zero attached hydrogens (tertiary/aromatic N) is 1. The third-order valence-electron chi connectivity index (χ3n) is 4.44. The van der Waals surface area contributed by atoms with E-state index in [1.165, 1.54) is 12.8 Å². The van der Waals surface area contributed by atoms with Gasteiger partial charge in [-0.2, -0.15) is 5.26 Å². The Morgan fingerprint density at radius 2 is 1.88 bits per heavy atom. The number of nitriles is 1. The second kappa shape index (κ2) is 8.49. The van der Waals surface area contributed by atoms with Crippen LogP contribution in [0.15, 0.2) is 36.4 Å². The topological polar surface area (TPSA) is 42.2 Å². The molecule has 0 spiro atoms. The smallest absolute Gasteiger partial charge is 0.162 e. The largest absolute Gasteiger partial charge is 0.493 e. The van der Waals surface area contributed by atoms with Gasteiger partial charge in [0, 0.05) is 10.6 Å². The number of hydrogen-bond acceptors (Lipinski definition) is 3. The lowest BCUT2D eigenvalue weighted by molar-refractivity contribution is 0.201. The van der Waals surface area contributed by atoms with Crippen LogP contribution in [0.5, 0.6) is 11.5 Å². The van der Waals surface area contributed by atoms with Gasteiger partial charge in [-0.05, 0) is 61.6 Å². The van der Waals surface area contributed by atoms with Gasteiger partial charge in [-0.1, -0.05) is 35.3 Å². The number of halogens is 2. The van der Waals surface area contributed by atoms with Crippen molar-refractivity contribution in [2.45, 2.75) is 31.8 Å². The van der Waals surface area contributed by atoms with Crippen LogP contribution >= 0.6 is 23.2 Å². The van der Waals surface area contributed by atoms with Crippen LogP contribution in [-0.2, 0) is 0 Å². The quantitative estimate of drug-likeness (QED) is 0.440. The van der Waals surface area contributed by atoms with Gasteiger partial charge in [0.2, 0.25) is 0 Å². The molecule has 1 aliphatic rings. The Kier molecular flexibility index (Phi) is 6.08. The van der Waals surface area contributed by atoms with E-state index in [-0.39, 0.29) is 6.10 Å². The van der Waals surface area contributed by atoms with Crippen LogP contribution in [0.4, 0.5) is 0 Å². The summed E-state index contributed by atoms with van der Waals surface area (Å²) in [5.74, 6) is 1.39. The van der Waals surface area contributed by atoms with Crippen LogP contribution in [0.2, 0.25) is 10.0 Å². The number of hydrogen-bond donors (Lipinski definition) is 0. The van der Waals surface area contributed by atoms with Gasteiger partial charge in [0.25, 0.3) is 0 Å². The first kappa shape index (κ1) is 18.6. The highest BCUT2D eigenvalue weighted by Gasteiger charge is 2.18. The molecule has 0 aliphatic heterocycles. The molecule has 0 unspecified atom stereocenters. The summed E-state index contributed by atoms with van der Waals surface area (Å²) in [6.07, 6.45) is 6.53. The van der Waals surface area contributed by atoms with E-state index in [9.17, 15) is 5.26 Å². The zero-order chi connectivity index (χ0) is 18.5. The summed E-state index contributed by atoms with van der Waals surface area (Å²) in [5.41, 5.74) is 1.96. The fourth-order valence-corrected chi connectivity index (χ4v) is 3.62. The van der Waals surface area contributed by atoms with Crippen molar-refractivity contribution in [1.29, 1.82) is 5.26 Å². The summed E-state index contributed by atoms with van der Waals surface area (Å²) in [6, 6.07) is 13.0. The van der Waals surface area contributed by atoms with Gasteiger partial charge in [0.15, 0.2) is 11.5 Å². The lowest BCUT2D eigenvalue weighted by Crippen LogP contribution is -2.11. The summed E-state index contributed by atoms with van der Waals surface area (Å²) in [6.45, 7) is 0. The maximum Gasteiger partial charge on any atom is 0.162 e. The Labute approximate surface area is 163 Å². The monoisotopic (exact) mass is 387 g/mol. The molecule has 1 aliphatic carbocycles. The van der Waals surface area contributed by atoms with E-state index < -0.39 is 0 Å². The molecule has 0 N–H and O–H groups in total. The van der Waals surface area contributed by atoms with Crippen LogP contribution in [0.1, 0.15) is 36.8 Å². The van der Waals surface area contributed by atoms with Crippen molar-refractivity contribution in [1.82, 2.24) is 0 Å². The van der Waals surface area contributed by atoms with Gasteiger partial charge in [-0.25, -0.2) is 0 Å². The molecule has 0 amide bonds. The molecule has 134 valence electrons. The van der Waals surface area contributed by atoms with Crippen LogP contribution < -0.4 is 9.47 Å². The molecule has 0 aromatic heterocycles. The Bertz CT molecular complexity index is 865. The zero-order valence-electron chi connectivity index (χ0n) is 14.5. The van der Waals surface area contributed by atoms with Gasteiger partial charge in [-0.15, -0.1) is 0 Å². The van der Waals surface area contributed by atoms with Gasteiger partial charge >= 0.3 is 0 Å². The van der Waals surface area contributed by atoms with Crippen molar-refractivity contribution in [3.63, 3.8) is 0 Å². The Morgan fingerprint density at radius 3 is 2.54 bits per heavy atom. The van der Waals surface area contributed by atoms with E-state index in [0.29, 0.717) is 32.7 Å². The second-order valence-electron chi connectivity index (χ2n) is 6.23. The summed E-state index contributed by atoms with van der Waals surface area (Å²) in [4.78, 5) is 0. The Hall–Kier alpha value is -2.15. The first-order chi connectivity index (χ1) is 12.6. The van der Waals surface area contributed by atoms with Crippen molar-refractivity contribution in [3.8, 4) is 17.6 Å². The zero-order valence-corrected chi connectivity index (χ0v) is 16.0. The average molecular weight is 388 g/mol. The molecular weight excluding hydrogens is 369 g/mol. The molecular formula is C21H19Cl2NO2. The first-order valence-electron chi connectivity index (χ1n) is 8.52. The lowest BCUT2D eigenvalue weighted by atomic mass is 10.0. The molecule has 1 saturated carbocycles. The number of allylic oxidation sites excluding steroid dienone is 1. The third-order valence-corrected chi connectivity index (χ3v) is 4.98. The van der Waals surface area contributed by atoms with E-state index in [2.05, 4.69) is 6.07 Å².